The number of nitrogens with one attached hydrogen (secondary N) is 1. The number of tetrazole rings is 1. The number of likely N-dealkylation sites (tertiary alicyclic amines) is 1. The fourth-order valence-corrected chi connectivity index (χ4v) is 3.14. The van der Waals surface area contributed by atoms with Gasteiger partial charge in [0, 0.05) is 13.1 Å². The van der Waals surface area contributed by atoms with Crippen molar-refractivity contribution in [3.8, 4) is 5.75 Å². The molecule has 0 unspecified atom stereocenters. The van der Waals surface area contributed by atoms with Crippen LogP contribution in [0.3, 0.4) is 0 Å². The molecule has 2 aromatic rings. The van der Waals surface area contributed by atoms with Crippen LogP contribution < -0.4 is 10.1 Å². The van der Waals surface area contributed by atoms with E-state index in [2.05, 4.69) is 37.9 Å². The third kappa shape index (κ3) is 7.76. The minimum atomic E-state index is -0.988. The second-order valence-corrected chi connectivity index (χ2v) is 6.67. The number of benzene rings is 1. The summed E-state index contributed by atoms with van der Waals surface area (Å²) in [4.78, 5) is 13.2. The Labute approximate surface area is 207 Å². The Balaban J connectivity index is 0.00000280. The minimum absolute atomic E-state index is 0. The molecule has 0 saturated carbocycles. The number of carboxylic acids is 1. The number of piperidine rings is 1. The molecule has 28 heavy (non-hydrogen) atoms. The van der Waals surface area contributed by atoms with E-state index in [-0.39, 0.29) is 57.9 Å². The van der Waals surface area contributed by atoms with Crippen molar-refractivity contribution in [2.24, 2.45) is 0 Å². The van der Waals surface area contributed by atoms with Crippen molar-refractivity contribution in [1.29, 1.82) is 0 Å². The van der Waals surface area contributed by atoms with E-state index in [1.54, 1.807) is 0 Å². The molecule has 1 saturated heterocycles. The molecule has 1 aromatic heterocycles. The first-order valence-electron chi connectivity index (χ1n) is 9.36. The number of nitrogens with zero attached hydrogens (tertiary/aromatic N) is 5. The summed E-state index contributed by atoms with van der Waals surface area (Å²) in [6.45, 7) is 4.21. The standard InChI is InChI=1S/C18H26N6O3.K.H/c25-17(26)14-24-18(20-21-22-24)19-8-5-11-27-16-7-4-6-15(12-16)13-23-9-2-1-3-10-23;;/h4,6-7,12H,1-3,5,8-11,13-14H2,(H,25,26)(H,19,20,22);;. The van der Waals surface area contributed by atoms with E-state index >= 15 is 0 Å². The summed E-state index contributed by atoms with van der Waals surface area (Å²) in [6.07, 6.45) is 4.67. The van der Waals surface area contributed by atoms with Crippen molar-refractivity contribution in [3.63, 3.8) is 0 Å². The molecule has 0 atom stereocenters. The molecule has 148 valence electrons. The second kappa shape index (κ2) is 12.5. The Bertz CT molecular complexity index is 736. The first kappa shape index (κ1) is 23.2. The number of anilines is 1. The van der Waals surface area contributed by atoms with E-state index in [4.69, 9.17) is 9.84 Å². The number of carboxylic acid groups (broad SMARTS) is 1. The molecule has 2 heterocycles. The summed E-state index contributed by atoms with van der Waals surface area (Å²) in [5.41, 5.74) is 1.28. The van der Waals surface area contributed by atoms with Crippen LogP contribution in [0.4, 0.5) is 5.95 Å². The summed E-state index contributed by atoms with van der Waals surface area (Å²) in [5, 5.41) is 22.7. The van der Waals surface area contributed by atoms with Crippen LogP contribution in [0.1, 0.15) is 31.2 Å². The molecule has 0 bridgehead atoms. The van der Waals surface area contributed by atoms with E-state index in [1.165, 1.54) is 42.6 Å². The zero-order valence-corrected chi connectivity index (χ0v) is 15.4. The third-order valence-corrected chi connectivity index (χ3v) is 4.44. The third-order valence-electron chi connectivity index (χ3n) is 4.44. The molecule has 0 spiro atoms. The van der Waals surface area contributed by atoms with Gasteiger partial charge in [-0.15, -0.1) is 0 Å². The van der Waals surface area contributed by atoms with Gasteiger partial charge < -0.3 is 15.2 Å². The number of hydrogen-bond donors (Lipinski definition) is 2. The van der Waals surface area contributed by atoms with Gasteiger partial charge in [-0.05, 0) is 60.5 Å². The Morgan fingerprint density at radius 1 is 1.25 bits per heavy atom. The Morgan fingerprint density at radius 2 is 2.07 bits per heavy atom. The van der Waals surface area contributed by atoms with Gasteiger partial charge in [0.05, 0.1) is 6.61 Å². The number of rotatable bonds is 10. The maximum absolute atomic E-state index is 10.7. The van der Waals surface area contributed by atoms with Crippen molar-refractivity contribution in [2.75, 3.05) is 31.6 Å². The van der Waals surface area contributed by atoms with Crippen LogP contribution in [0.5, 0.6) is 5.75 Å². The van der Waals surface area contributed by atoms with Crippen LogP contribution in [0.25, 0.3) is 0 Å². The zero-order chi connectivity index (χ0) is 18.9. The second-order valence-electron chi connectivity index (χ2n) is 6.67. The van der Waals surface area contributed by atoms with Crippen LogP contribution in [-0.4, -0.2) is 114 Å². The fourth-order valence-electron chi connectivity index (χ4n) is 3.14. The van der Waals surface area contributed by atoms with Gasteiger partial charge in [0.1, 0.15) is 12.3 Å². The number of carbonyl (C=O) groups is 1. The predicted octanol–water partition coefficient (Wildman–Crippen LogP) is 0.976. The molecule has 0 amide bonds. The Morgan fingerprint density at radius 3 is 2.86 bits per heavy atom. The monoisotopic (exact) mass is 414 g/mol. The molecule has 1 aliphatic rings. The van der Waals surface area contributed by atoms with E-state index in [0.29, 0.717) is 19.1 Å². The number of hydrogen-bond acceptors (Lipinski definition) is 7. The summed E-state index contributed by atoms with van der Waals surface area (Å²) in [5.74, 6) is 0.235. The number of aromatic nitrogens is 4. The van der Waals surface area contributed by atoms with Crippen LogP contribution in [0.15, 0.2) is 24.3 Å². The van der Waals surface area contributed by atoms with Gasteiger partial charge in [-0.2, -0.15) is 0 Å². The molecular weight excluding hydrogens is 387 g/mol. The molecule has 3 rings (SSSR count). The van der Waals surface area contributed by atoms with Gasteiger partial charge in [0.15, 0.2) is 0 Å². The summed E-state index contributed by atoms with van der Waals surface area (Å²) < 4.78 is 7.05. The summed E-state index contributed by atoms with van der Waals surface area (Å²) >= 11 is 0. The topological polar surface area (TPSA) is 105 Å². The van der Waals surface area contributed by atoms with Crippen molar-refractivity contribution >= 4 is 63.3 Å². The van der Waals surface area contributed by atoms with Crippen molar-refractivity contribution in [3.05, 3.63) is 29.8 Å². The van der Waals surface area contributed by atoms with Crippen LogP contribution in [0, 0.1) is 0 Å². The van der Waals surface area contributed by atoms with E-state index < -0.39 is 5.97 Å². The molecule has 1 aliphatic heterocycles. The predicted molar refractivity (Wildman–Crippen MR) is 107 cm³/mol. The van der Waals surface area contributed by atoms with Crippen molar-refractivity contribution in [1.82, 2.24) is 25.1 Å². The Kier molecular flexibility index (Phi) is 10.4. The van der Waals surface area contributed by atoms with Crippen LogP contribution in [0.2, 0.25) is 0 Å². The molecule has 0 radical (unpaired) electrons. The zero-order valence-electron chi connectivity index (χ0n) is 15.4. The quantitative estimate of drug-likeness (QED) is 0.438. The molecule has 1 fully saturated rings. The fraction of sp³-hybridized carbons (Fsp3) is 0.556. The first-order chi connectivity index (χ1) is 13.2. The first-order valence-corrected chi connectivity index (χ1v) is 9.36. The molecule has 0 aliphatic carbocycles. The summed E-state index contributed by atoms with van der Waals surface area (Å²) in [6, 6.07) is 8.26. The molecule has 9 nitrogen and oxygen atoms in total. The van der Waals surface area contributed by atoms with Gasteiger partial charge in [-0.3, -0.25) is 9.69 Å². The normalized spacial score (nSPS) is 14.3. The molecule has 2 N–H and O–H groups in total. The van der Waals surface area contributed by atoms with Crippen molar-refractivity contribution < 1.29 is 14.6 Å². The molecule has 10 heteroatoms. The molecule has 1 aromatic carbocycles. The van der Waals surface area contributed by atoms with Crippen LogP contribution in [-0.2, 0) is 17.9 Å². The number of ether oxygens (including phenoxy) is 1. The van der Waals surface area contributed by atoms with Crippen LogP contribution >= 0.6 is 0 Å². The Hall–Kier alpha value is -1.04. The van der Waals surface area contributed by atoms with E-state index in [0.717, 1.165) is 18.7 Å². The van der Waals surface area contributed by atoms with Crippen molar-refractivity contribution in [2.45, 2.75) is 38.8 Å². The van der Waals surface area contributed by atoms with Gasteiger partial charge in [0.2, 0.25) is 5.95 Å². The van der Waals surface area contributed by atoms with E-state index in [9.17, 15) is 4.79 Å². The average Bonchev–Trinajstić information content (AvgIpc) is 3.09. The van der Waals surface area contributed by atoms with E-state index in [1.807, 2.05) is 12.1 Å². The maximum atomic E-state index is 10.7. The van der Waals surface area contributed by atoms with Gasteiger partial charge >= 0.3 is 57.4 Å². The van der Waals surface area contributed by atoms with Gasteiger partial charge in [-0.1, -0.05) is 23.7 Å². The average molecular weight is 415 g/mol. The van der Waals surface area contributed by atoms with Gasteiger partial charge in [0.25, 0.3) is 0 Å². The SMILES string of the molecule is O=C(O)Cn1nnnc1NCCCOc1cccc(CN2CCCCC2)c1.[KH]. The number of aliphatic carboxylic acids is 1. The molecular formula is C18H27KN6O3. The van der Waals surface area contributed by atoms with Gasteiger partial charge in [-0.25, -0.2) is 4.68 Å². The summed E-state index contributed by atoms with van der Waals surface area (Å²) in [7, 11) is 0.